The van der Waals surface area contributed by atoms with Gasteiger partial charge >= 0.3 is 0 Å². The summed E-state index contributed by atoms with van der Waals surface area (Å²) in [6, 6.07) is 3.10. The van der Waals surface area contributed by atoms with Crippen LogP contribution in [0, 0.1) is 5.92 Å². The van der Waals surface area contributed by atoms with Gasteiger partial charge in [-0.25, -0.2) is 0 Å². The van der Waals surface area contributed by atoms with E-state index < -0.39 is 0 Å². The van der Waals surface area contributed by atoms with Crippen LogP contribution in [0.15, 0.2) is 23.1 Å². The summed E-state index contributed by atoms with van der Waals surface area (Å²) in [4.78, 5) is 11.4. The lowest BCUT2D eigenvalue weighted by Gasteiger charge is -2.06. The summed E-state index contributed by atoms with van der Waals surface area (Å²) in [6.07, 6.45) is 4.24. The van der Waals surface area contributed by atoms with Gasteiger partial charge in [-0.15, -0.1) is 0 Å². The van der Waals surface area contributed by atoms with E-state index in [1.54, 1.807) is 16.8 Å². The van der Waals surface area contributed by atoms with Crippen molar-refractivity contribution in [1.29, 1.82) is 0 Å². The van der Waals surface area contributed by atoms with Gasteiger partial charge in [0, 0.05) is 31.1 Å². The second-order valence-electron chi connectivity index (χ2n) is 4.01. The molecule has 0 amide bonds. The molecule has 4 heteroatoms. The van der Waals surface area contributed by atoms with Crippen LogP contribution < -0.4 is 11.3 Å². The van der Waals surface area contributed by atoms with Crippen molar-refractivity contribution in [3.8, 4) is 0 Å². The van der Waals surface area contributed by atoms with E-state index in [1.807, 2.05) is 0 Å². The number of rotatable bonds is 5. The fourth-order valence-electron chi connectivity index (χ4n) is 1.42. The van der Waals surface area contributed by atoms with Gasteiger partial charge in [0.25, 0.3) is 5.56 Å². The second kappa shape index (κ2) is 4.49. The average Bonchev–Trinajstić information content (AvgIpc) is 3.01. The fourth-order valence-corrected chi connectivity index (χ4v) is 1.42. The minimum absolute atomic E-state index is 0.0285. The SMILES string of the molecule is Nc1ccc(=O)n(CCOCC2CC2)c1. The van der Waals surface area contributed by atoms with E-state index in [0.717, 1.165) is 12.5 Å². The molecule has 1 fully saturated rings. The topological polar surface area (TPSA) is 57.2 Å². The van der Waals surface area contributed by atoms with Crippen molar-refractivity contribution in [3.05, 3.63) is 28.7 Å². The Morgan fingerprint density at radius 3 is 3.00 bits per heavy atom. The van der Waals surface area contributed by atoms with Crippen LogP contribution in [0.4, 0.5) is 5.69 Å². The number of pyridine rings is 1. The molecular formula is C11H16N2O2. The molecule has 0 spiro atoms. The minimum Gasteiger partial charge on any atom is -0.398 e. The number of nitrogens with two attached hydrogens (primary N) is 1. The lowest BCUT2D eigenvalue weighted by molar-refractivity contribution is 0.116. The van der Waals surface area contributed by atoms with Crippen molar-refractivity contribution in [2.75, 3.05) is 18.9 Å². The van der Waals surface area contributed by atoms with E-state index in [1.165, 1.54) is 18.9 Å². The Kier molecular flexibility index (Phi) is 3.06. The smallest absolute Gasteiger partial charge is 0.250 e. The summed E-state index contributed by atoms with van der Waals surface area (Å²) in [7, 11) is 0. The van der Waals surface area contributed by atoms with Crippen LogP contribution in [0.25, 0.3) is 0 Å². The van der Waals surface area contributed by atoms with Crippen molar-refractivity contribution >= 4 is 5.69 Å². The average molecular weight is 208 g/mol. The predicted octanol–water partition coefficient (Wildman–Crippen LogP) is 0.857. The van der Waals surface area contributed by atoms with Crippen molar-refractivity contribution in [3.63, 3.8) is 0 Å². The molecule has 1 heterocycles. The molecule has 0 bridgehead atoms. The molecule has 0 saturated heterocycles. The molecule has 0 atom stereocenters. The van der Waals surface area contributed by atoms with E-state index in [9.17, 15) is 4.79 Å². The number of nitrogen functional groups attached to an aromatic ring is 1. The lowest BCUT2D eigenvalue weighted by Crippen LogP contribution is -2.21. The maximum Gasteiger partial charge on any atom is 0.250 e. The zero-order valence-electron chi connectivity index (χ0n) is 8.69. The summed E-state index contributed by atoms with van der Waals surface area (Å²) in [6.45, 7) is 1.99. The van der Waals surface area contributed by atoms with Gasteiger partial charge in [0.05, 0.1) is 6.61 Å². The molecule has 2 N–H and O–H groups in total. The van der Waals surface area contributed by atoms with Crippen LogP contribution in [-0.2, 0) is 11.3 Å². The normalized spacial score (nSPS) is 15.5. The van der Waals surface area contributed by atoms with E-state index in [-0.39, 0.29) is 5.56 Å². The molecule has 4 nitrogen and oxygen atoms in total. The van der Waals surface area contributed by atoms with Crippen molar-refractivity contribution < 1.29 is 4.74 Å². The monoisotopic (exact) mass is 208 g/mol. The third kappa shape index (κ3) is 3.09. The van der Waals surface area contributed by atoms with Gasteiger partial charge in [0.2, 0.25) is 0 Å². The van der Waals surface area contributed by atoms with Gasteiger partial charge < -0.3 is 15.0 Å². The highest BCUT2D eigenvalue weighted by Gasteiger charge is 2.20. The molecule has 2 rings (SSSR count). The van der Waals surface area contributed by atoms with Crippen molar-refractivity contribution in [1.82, 2.24) is 4.57 Å². The lowest BCUT2D eigenvalue weighted by atomic mass is 10.4. The molecule has 1 aromatic rings. The van der Waals surface area contributed by atoms with Gasteiger partial charge in [-0.05, 0) is 24.8 Å². The Morgan fingerprint density at radius 1 is 1.47 bits per heavy atom. The molecule has 0 radical (unpaired) electrons. The number of nitrogens with zero attached hydrogens (tertiary/aromatic N) is 1. The number of ether oxygens (including phenoxy) is 1. The standard InChI is InChI=1S/C11H16N2O2/c12-10-3-4-11(14)13(7-10)5-6-15-8-9-1-2-9/h3-4,7,9H,1-2,5-6,8,12H2. The zero-order chi connectivity index (χ0) is 10.7. The highest BCUT2D eigenvalue weighted by atomic mass is 16.5. The van der Waals surface area contributed by atoms with Crippen LogP contribution in [0.1, 0.15) is 12.8 Å². The third-order valence-electron chi connectivity index (χ3n) is 2.53. The number of aromatic nitrogens is 1. The van der Waals surface area contributed by atoms with Crippen LogP contribution in [0.3, 0.4) is 0 Å². The third-order valence-corrected chi connectivity index (χ3v) is 2.53. The highest BCUT2D eigenvalue weighted by molar-refractivity contribution is 5.33. The molecular weight excluding hydrogens is 192 g/mol. The summed E-state index contributed by atoms with van der Waals surface area (Å²) in [5, 5.41) is 0. The Balaban J connectivity index is 1.81. The first-order chi connectivity index (χ1) is 7.25. The quantitative estimate of drug-likeness (QED) is 0.730. The molecule has 0 unspecified atom stereocenters. The fraction of sp³-hybridized carbons (Fsp3) is 0.545. The maximum absolute atomic E-state index is 11.4. The van der Waals surface area contributed by atoms with Gasteiger partial charge in [-0.3, -0.25) is 4.79 Å². The molecule has 1 aliphatic rings. The number of hydrogen-bond acceptors (Lipinski definition) is 3. The molecule has 82 valence electrons. The highest BCUT2D eigenvalue weighted by Crippen LogP contribution is 2.28. The first kappa shape index (κ1) is 10.2. The Bertz CT molecular complexity index is 382. The molecule has 1 saturated carbocycles. The van der Waals surface area contributed by atoms with E-state index in [4.69, 9.17) is 10.5 Å². The van der Waals surface area contributed by atoms with E-state index in [0.29, 0.717) is 18.8 Å². The molecule has 0 aromatic carbocycles. The Morgan fingerprint density at radius 2 is 2.27 bits per heavy atom. The molecule has 1 aromatic heterocycles. The zero-order valence-corrected chi connectivity index (χ0v) is 8.69. The van der Waals surface area contributed by atoms with Crippen LogP contribution in [0.2, 0.25) is 0 Å². The second-order valence-corrected chi connectivity index (χ2v) is 4.01. The molecule has 0 aliphatic heterocycles. The minimum atomic E-state index is -0.0285. The predicted molar refractivity (Wildman–Crippen MR) is 58.7 cm³/mol. The summed E-state index contributed by atoms with van der Waals surface area (Å²) < 4.78 is 7.04. The summed E-state index contributed by atoms with van der Waals surface area (Å²) in [5.41, 5.74) is 6.17. The number of hydrogen-bond donors (Lipinski definition) is 1. The summed E-state index contributed by atoms with van der Waals surface area (Å²) in [5.74, 6) is 0.766. The van der Waals surface area contributed by atoms with E-state index >= 15 is 0 Å². The van der Waals surface area contributed by atoms with Crippen LogP contribution in [0.5, 0.6) is 0 Å². The first-order valence-corrected chi connectivity index (χ1v) is 5.29. The van der Waals surface area contributed by atoms with Gasteiger partial charge in [-0.2, -0.15) is 0 Å². The van der Waals surface area contributed by atoms with E-state index in [2.05, 4.69) is 0 Å². The maximum atomic E-state index is 11.4. The largest absolute Gasteiger partial charge is 0.398 e. The van der Waals surface area contributed by atoms with Crippen LogP contribution >= 0.6 is 0 Å². The van der Waals surface area contributed by atoms with Crippen LogP contribution in [-0.4, -0.2) is 17.8 Å². The van der Waals surface area contributed by atoms with Gasteiger partial charge in [0.15, 0.2) is 0 Å². The van der Waals surface area contributed by atoms with Crippen molar-refractivity contribution in [2.24, 2.45) is 5.92 Å². The van der Waals surface area contributed by atoms with Gasteiger partial charge in [0.1, 0.15) is 0 Å². The Labute approximate surface area is 88.7 Å². The van der Waals surface area contributed by atoms with Crippen molar-refractivity contribution in [2.45, 2.75) is 19.4 Å². The first-order valence-electron chi connectivity index (χ1n) is 5.29. The van der Waals surface area contributed by atoms with Gasteiger partial charge in [-0.1, -0.05) is 0 Å². The molecule has 15 heavy (non-hydrogen) atoms. The number of anilines is 1. The summed E-state index contributed by atoms with van der Waals surface area (Å²) >= 11 is 0. The Hall–Kier alpha value is -1.29. The molecule has 1 aliphatic carbocycles.